The molecule has 3 N–H and O–H groups in total. The molecule has 0 unspecified atom stereocenters. The van der Waals surface area contributed by atoms with Gasteiger partial charge in [0.2, 0.25) is 0 Å². The number of hydrogen-bond donors (Lipinski definition) is 2. The summed E-state index contributed by atoms with van der Waals surface area (Å²) in [5.74, 6) is -0.133. The number of aryl methyl sites for hydroxylation is 1. The number of benzene rings is 1. The van der Waals surface area contributed by atoms with Crippen molar-refractivity contribution in [2.45, 2.75) is 13.3 Å². The lowest BCUT2D eigenvalue weighted by atomic mass is 10.1. The molecule has 0 aliphatic carbocycles. The molecule has 170 valence electrons. The van der Waals surface area contributed by atoms with Gasteiger partial charge >= 0.3 is 0 Å². The maximum Gasteiger partial charge on any atom is 0.263 e. The van der Waals surface area contributed by atoms with Gasteiger partial charge in [0.15, 0.2) is 0 Å². The van der Waals surface area contributed by atoms with E-state index >= 15 is 0 Å². The lowest BCUT2D eigenvalue weighted by molar-refractivity contribution is 0.0959. The molecule has 7 nitrogen and oxygen atoms in total. The zero-order valence-corrected chi connectivity index (χ0v) is 19.6. The summed E-state index contributed by atoms with van der Waals surface area (Å²) in [4.78, 5) is 23.3. The van der Waals surface area contributed by atoms with E-state index in [1.165, 1.54) is 22.6 Å². The van der Waals surface area contributed by atoms with Crippen LogP contribution in [0.2, 0.25) is 0 Å². The van der Waals surface area contributed by atoms with Crippen LogP contribution in [0.25, 0.3) is 10.2 Å². The minimum atomic E-state index is -0.133. The molecule has 0 bridgehead atoms. The van der Waals surface area contributed by atoms with Crippen molar-refractivity contribution >= 4 is 38.8 Å². The van der Waals surface area contributed by atoms with E-state index in [0.717, 1.165) is 61.7 Å². The number of nitrogen functional groups attached to an aromatic ring is 1. The van der Waals surface area contributed by atoms with Crippen molar-refractivity contribution < 1.29 is 9.53 Å². The number of nitrogens with one attached hydrogen (secondary N) is 1. The van der Waals surface area contributed by atoms with Gasteiger partial charge in [-0.05, 0) is 43.2 Å². The van der Waals surface area contributed by atoms with Gasteiger partial charge in [0.25, 0.3) is 5.91 Å². The fraction of sp³-hybridized carbons (Fsp3) is 0.417. The third-order valence-corrected chi connectivity index (χ3v) is 7.04. The van der Waals surface area contributed by atoms with Crippen molar-refractivity contribution in [2.24, 2.45) is 0 Å². The number of anilines is 2. The minimum absolute atomic E-state index is 0.133. The third kappa shape index (κ3) is 5.20. The summed E-state index contributed by atoms with van der Waals surface area (Å²) < 4.78 is 5.18. The summed E-state index contributed by atoms with van der Waals surface area (Å²) >= 11 is 1.35. The largest absolute Gasteiger partial charge is 0.397 e. The number of pyridine rings is 1. The standard InChI is InChI=1S/C24H31N5O2S/c1-17-3-8-20-21(25)22(32-24(20)27-17)23(30)26-10-9-18-4-6-19(7-5-18)29-13-11-28(12-14-29)15-16-31-2/h3-8H,9-16,25H2,1-2H3,(H,26,30). The van der Waals surface area contributed by atoms with Crippen molar-refractivity contribution in [1.82, 2.24) is 15.2 Å². The van der Waals surface area contributed by atoms with Crippen LogP contribution in [-0.2, 0) is 11.2 Å². The molecular weight excluding hydrogens is 422 g/mol. The summed E-state index contributed by atoms with van der Waals surface area (Å²) in [6.07, 6.45) is 0.777. The van der Waals surface area contributed by atoms with Crippen molar-refractivity contribution in [3.8, 4) is 0 Å². The van der Waals surface area contributed by atoms with Crippen LogP contribution < -0.4 is 16.0 Å². The van der Waals surface area contributed by atoms with Gasteiger partial charge in [0.05, 0.1) is 12.3 Å². The number of nitrogens with two attached hydrogens (primary N) is 1. The number of piperazine rings is 1. The van der Waals surface area contributed by atoms with E-state index in [-0.39, 0.29) is 5.91 Å². The average Bonchev–Trinajstić information content (AvgIpc) is 3.14. The van der Waals surface area contributed by atoms with Crippen LogP contribution in [0.4, 0.5) is 11.4 Å². The normalized spacial score (nSPS) is 14.8. The van der Waals surface area contributed by atoms with Gasteiger partial charge in [-0.1, -0.05) is 12.1 Å². The van der Waals surface area contributed by atoms with Crippen LogP contribution in [-0.4, -0.2) is 68.8 Å². The Labute approximate surface area is 193 Å². The Bertz CT molecular complexity index is 1060. The Kier molecular flexibility index (Phi) is 7.24. The van der Waals surface area contributed by atoms with Crippen LogP contribution in [0.1, 0.15) is 20.9 Å². The van der Waals surface area contributed by atoms with Gasteiger partial charge in [-0.15, -0.1) is 11.3 Å². The molecule has 1 aliphatic heterocycles. The zero-order valence-electron chi connectivity index (χ0n) is 18.8. The molecule has 0 spiro atoms. The second-order valence-corrected chi connectivity index (χ2v) is 9.14. The second-order valence-electron chi connectivity index (χ2n) is 8.14. The Morgan fingerprint density at radius 1 is 1.16 bits per heavy atom. The highest BCUT2D eigenvalue weighted by Gasteiger charge is 2.18. The number of carbonyl (C=O) groups excluding carboxylic acids is 1. The molecule has 0 atom stereocenters. The molecule has 3 heterocycles. The number of nitrogens with zero attached hydrogens (tertiary/aromatic N) is 3. The van der Waals surface area contributed by atoms with E-state index in [2.05, 4.69) is 44.4 Å². The maximum absolute atomic E-state index is 12.6. The minimum Gasteiger partial charge on any atom is -0.397 e. The summed E-state index contributed by atoms with van der Waals surface area (Å²) in [6, 6.07) is 12.5. The van der Waals surface area contributed by atoms with Crippen molar-refractivity contribution in [3.63, 3.8) is 0 Å². The third-order valence-electron chi connectivity index (χ3n) is 5.92. The van der Waals surface area contributed by atoms with Gasteiger partial charge in [-0.25, -0.2) is 4.98 Å². The van der Waals surface area contributed by atoms with Crippen LogP contribution >= 0.6 is 11.3 Å². The van der Waals surface area contributed by atoms with Crippen LogP contribution in [0.3, 0.4) is 0 Å². The van der Waals surface area contributed by atoms with Crippen LogP contribution in [0.15, 0.2) is 36.4 Å². The highest BCUT2D eigenvalue weighted by atomic mass is 32.1. The number of carbonyl (C=O) groups is 1. The maximum atomic E-state index is 12.6. The van der Waals surface area contributed by atoms with E-state index in [4.69, 9.17) is 10.5 Å². The van der Waals surface area contributed by atoms with E-state index in [1.807, 2.05) is 19.1 Å². The van der Waals surface area contributed by atoms with Gasteiger partial charge < -0.3 is 20.7 Å². The molecule has 1 fully saturated rings. The van der Waals surface area contributed by atoms with Crippen LogP contribution in [0.5, 0.6) is 0 Å². The van der Waals surface area contributed by atoms with E-state index in [0.29, 0.717) is 17.1 Å². The number of thiophene rings is 1. The number of ether oxygens (including phenoxy) is 1. The molecule has 1 amide bonds. The smallest absolute Gasteiger partial charge is 0.263 e. The molecule has 1 saturated heterocycles. The topological polar surface area (TPSA) is 83.7 Å². The first-order chi connectivity index (χ1) is 15.5. The monoisotopic (exact) mass is 453 g/mol. The molecule has 0 radical (unpaired) electrons. The number of methoxy groups -OCH3 is 1. The fourth-order valence-electron chi connectivity index (χ4n) is 3.98. The Morgan fingerprint density at radius 2 is 1.91 bits per heavy atom. The fourth-order valence-corrected chi connectivity index (χ4v) is 5.04. The first kappa shape index (κ1) is 22.5. The second kappa shape index (κ2) is 10.3. The van der Waals surface area contributed by atoms with Crippen molar-refractivity contribution in [1.29, 1.82) is 0 Å². The van der Waals surface area contributed by atoms with E-state index in [9.17, 15) is 4.79 Å². The molecule has 2 aromatic heterocycles. The number of hydrogen-bond acceptors (Lipinski definition) is 7. The zero-order chi connectivity index (χ0) is 22.5. The molecule has 4 rings (SSSR count). The molecule has 1 aromatic carbocycles. The molecular formula is C24H31N5O2S. The summed E-state index contributed by atoms with van der Waals surface area (Å²) in [7, 11) is 1.75. The lowest BCUT2D eigenvalue weighted by Gasteiger charge is -2.36. The summed E-state index contributed by atoms with van der Waals surface area (Å²) in [5.41, 5.74) is 10.1. The Balaban J connectivity index is 1.27. The first-order valence-electron chi connectivity index (χ1n) is 11.0. The Hall–Kier alpha value is -2.68. The van der Waals surface area contributed by atoms with Gasteiger partial charge in [0, 0.05) is 63.1 Å². The number of rotatable bonds is 8. The van der Waals surface area contributed by atoms with Crippen molar-refractivity contribution in [2.75, 3.05) is 63.6 Å². The average molecular weight is 454 g/mol. The lowest BCUT2D eigenvalue weighted by Crippen LogP contribution is -2.47. The predicted molar refractivity (Wildman–Crippen MR) is 132 cm³/mol. The predicted octanol–water partition coefficient (Wildman–Crippen LogP) is 2.93. The Morgan fingerprint density at radius 3 is 2.62 bits per heavy atom. The quantitative estimate of drug-likeness (QED) is 0.546. The van der Waals surface area contributed by atoms with E-state index < -0.39 is 0 Å². The van der Waals surface area contributed by atoms with Crippen LogP contribution in [0, 0.1) is 6.92 Å². The molecule has 1 aliphatic rings. The highest BCUT2D eigenvalue weighted by molar-refractivity contribution is 7.21. The first-order valence-corrected chi connectivity index (χ1v) is 11.9. The van der Waals surface area contributed by atoms with E-state index in [1.54, 1.807) is 7.11 Å². The number of fused-ring (bicyclic) bond motifs is 1. The number of amides is 1. The highest BCUT2D eigenvalue weighted by Crippen LogP contribution is 2.32. The number of aromatic nitrogens is 1. The SMILES string of the molecule is COCCN1CCN(c2ccc(CCNC(=O)c3sc4nc(C)ccc4c3N)cc2)CC1. The molecule has 8 heteroatoms. The van der Waals surface area contributed by atoms with Gasteiger partial charge in [0.1, 0.15) is 9.71 Å². The van der Waals surface area contributed by atoms with Gasteiger partial charge in [-0.3, -0.25) is 9.69 Å². The van der Waals surface area contributed by atoms with Crippen molar-refractivity contribution in [3.05, 3.63) is 52.5 Å². The molecule has 3 aromatic rings. The summed E-state index contributed by atoms with van der Waals surface area (Å²) in [6.45, 7) is 8.48. The summed E-state index contributed by atoms with van der Waals surface area (Å²) in [5, 5.41) is 3.85. The van der Waals surface area contributed by atoms with Gasteiger partial charge in [-0.2, -0.15) is 0 Å². The molecule has 0 saturated carbocycles. The molecule has 32 heavy (non-hydrogen) atoms.